The van der Waals surface area contributed by atoms with Crippen LogP contribution in [-0.2, 0) is 0 Å². The lowest BCUT2D eigenvalue weighted by molar-refractivity contribution is -0.384. The number of para-hydroxylation sites is 3. The van der Waals surface area contributed by atoms with E-state index in [9.17, 15) is 19.7 Å². The van der Waals surface area contributed by atoms with Gasteiger partial charge >= 0.3 is 6.03 Å². The number of hydrogen-bond donors (Lipinski definition) is 1. The van der Waals surface area contributed by atoms with E-state index in [1.807, 2.05) is 13.0 Å². The first-order chi connectivity index (χ1) is 17.3. The molecule has 0 bridgehead atoms. The minimum Gasteiger partial charge on any atom is -0.495 e. The Balaban J connectivity index is 1.79. The van der Waals surface area contributed by atoms with Gasteiger partial charge in [-0.25, -0.2) is 9.78 Å². The molecule has 0 fully saturated rings. The zero-order valence-electron chi connectivity index (χ0n) is 20.0. The van der Waals surface area contributed by atoms with E-state index in [-0.39, 0.29) is 11.2 Å². The number of nitrogens with zero attached hydrogens (tertiary/aromatic N) is 4. The quantitative estimate of drug-likeness (QED) is 0.292. The number of ether oxygens (including phenoxy) is 1. The lowest BCUT2D eigenvalue weighted by atomic mass is 10.1. The van der Waals surface area contributed by atoms with Crippen LogP contribution in [0.3, 0.4) is 0 Å². The number of non-ortho nitro benzene ring substituents is 1. The van der Waals surface area contributed by atoms with Gasteiger partial charge in [-0.1, -0.05) is 31.2 Å². The predicted molar refractivity (Wildman–Crippen MR) is 137 cm³/mol. The van der Waals surface area contributed by atoms with E-state index in [4.69, 9.17) is 9.72 Å². The van der Waals surface area contributed by atoms with Gasteiger partial charge in [0.2, 0.25) is 0 Å². The van der Waals surface area contributed by atoms with Crippen LogP contribution in [0.1, 0.15) is 25.2 Å². The van der Waals surface area contributed by atoms with Gasteiger partial charge in [0, 0.05) is 24.9 Å². The third-order valence-corrected chi connectivity index (χ3v) is 5.93. The Bertz CT molecular complexity index is 1480. The fourth-order valence-corrected chi connectivity index (χ4v) is 4.07. The highest BCUT2D eigenvalue weighted by Crippen LogP contribution is 2.29. The van der Waals surface area contributed by atoms with Crippen molar-refractivity contribution in [3.05, 3.63) is 99.1 Å². The Morgan fingerprint density at radius 2 is 1.78 bits per heavy atom. The van der Waals surface area contributed by atoms with Crippen molar-refractivity contribution >= 4 is 28.3 Å². The summed E-state index contributed by atoms with van der Waals surface area (Å²) < 4.78 is 7.01. The highest BCUT2D eigenvalue weighted by atomic mass is 16.6. The summed E-state index contributed by atoms with van der Waals surface area (Å²) in [6.45, 7) is 1.90. The van der Waals surface area contributed by atoms with E-state index >= 15 is 0 Å². The first-order valence-corrected chi connectivity index (χ1v) is 11.3. The second-order valence-electron chi connectivity index (χ2n) is 8.07. The second kappa shape index (κ2) is 10.3. The van der Waals surface area contributed by atoms with Gasteiger partial charge in [0.05, 0.1) is 34.7 Å². The monoisotopic (exact) mass is 487 g/mol. The molecule has 0 saturated heterocycles. The van der Waals surface area contributed by atoms with Gasteiger partial charge in [0.25, 0.3) is 11.2 Å². The number of anilines is 1. The van der Waals surface area contributed by atoms with Crippen molar-refractivity contribution in [1.29, 1.82) is 0 Å². The number of nitrogens with one attached hydrogen (secondary N) is 1. The van der Waals surface area contributed by atoms with E-state index in [0.29, 0.717) is 40.3 Å². The zero-order chi connectivity index (χ0) is 25.8. The molecule has 0 saturated carbocycles. The van der Waals surface area contributed by atoms with Crippen molar-refractivity contribution in [2.75, 3.05) is 19.5 Å². The van der Waals surface area contributed by atoms with Crippen LogP contribution < -0.4 is 15.6 Å². The molecule has 1 atom stereocenters. The van der Waals surface area contributed by atoms with Crippen molar-refractivity contribution in [2.45, 2.75) is 19.4 Å². The van der Waals surface area contributed by atoms with Crippen LogP contribution in [0, 0.1) is 10.1 Å². The zero-order valence-corrected chi connectivity index (χ0v) is 20.0. The van der Waals surface area contributed by atoms with Gasteiger partial charge in [0.15, 0.2) is 0 Å². The first kappa shape index (κ1) is 24.4. The molecule has 0 aliphatic carbocycles. The van der Waals surface area contributed by atoms with Crippen LogP contribution in [0.15, 0.2) is 77.6 Å². The molecule has 4 rings (SSSR count). The first-order valence-electron chi connectivity index (χ1n) is 11.3. The number of benzene rings is 3. The van der Waals surface area contributed by atoms with Crippen LogP contribution in [-0.4, -0.2) is 39.6 Å². The lowest BCUT2D eigenvalue weighted by Crippen LogP contribution is -2.38. The maximum atomic E-state index is 13.7. The largest absolute Gasteiger partial charge is 0.495 e. The van der Waals surface area contributed by atoms with Crippen LogP contribution in [0.25, 0.3) is 16.6 Å². The van der Waals surface area contributed by atoms with Crippen LogP contribution in [0.5, 0.6) is 5.75 Å². The minimum atomic E-state index is -0.578. The van der Waals surface area contributed by atoms with Crippen LogP contribution in [0.4, 0.5) is 16.2 Å². The number of carbonyl (C=O) groups excluding carboxylic acids is 1. The summed E-state index contributed by atoms with van der Waals surface area (Å²) in [5.74, 6) is 0.873. The number of nitro groups is 1. The third kappa shape index (κ3) is 4.61. The Labute approximate surface area is 206 Å². The molecule has 0 radical (unpaired) electrons. The molecule has 1 aromatic heterocycles. The smallest absolute Gasteiger partial charge is 0.322 e. The molecule has 184 valence electrons. The Kier molecular flexibility index (Phi) is 6.95. The van der Waals surface area contributed by atoms with E-state index < -0.39 is 17.0 Å². The highest BCUT2D eigenvalue weighted by molar-refractivity contribution is 5.89. The summed E-state index contributed by atoms with van der Waals surface area (Å²) in [6.07, 6.45) is 0.462. The van der Waals surface area contributed by atoms with Crippen LogP contribution >= 0.6 is 0 Å². The number of hydrogen-bond acceptors (Lipinski definition) is 6. The van der Waals surface area contributed by atoms with E-state index in [1.54, 1.807) is 49.5 Å². The number of methoxy groups -OCH3 is 1. The molecule has 1 N–H and O–H groups in total. The molecular weight excluding hydrogens is 462 g/mol. The molecule has 1 unspecified atom stereocenters. The van der Waals surface area contributed by atoms with Gasteiger partial charge in [-0.15, -0.1) is 0 Å². The molecule has 1 heterocycles. The summed E-state index contributed by atoms with van der Waals surface area (Å²) in [5, 5.41) is 14.1. The number of nitro benzene ring substituents is 1. The molecule has 0 aliphatic heterocycles. The number of carbonyl (C=O) groups is 1. The standard InChI is InChI=1S/C26H25N5O5/c1-4-21(29(2)26(33)27-17-13-15-18(16-14-17)31(34)35)24-28-20-10-6-5-9-19(20)25(32)30(24)22-11-7-8-12-23(22)36-3/h5-16,21H,4H2,1-3H3,(H,27,33). The fraction of sp³-hybridized carbons (Fsp3) is 0.192. The SMILES string of the molecule is CCC(c1nc2ccccc2c(=O)n1-c1ccccc1OC)N(C)C(=O)Nc1ccc([N+](=O)[O-])cc1. The molecular formula is C26H25N5O5. The van der Waals surface area contributed by atoms with E-state index in [0.717, 1.165) is 0 Å². The van der Waals surface area contributed by atoms with Crippen molar-refractivity contribution in [3.63, 3.8) is 0 Å². The molecule has 2 amide bonds. The average molecular weight is 488 g/mol. The van der Waals surface area contributed by atoms with Crippen LogP contribution in [0.2, 0.25) is 0 Å². The second-order valence-corrected chi connectivity index (χ2v) is 8.07. The van der Waals surface area contributed by atoms with Gasteiger partial charge in [-0.3, -0.25) is 19.5 Å². The van der Waals surface area contributed by atoms with Crippen molar-refractivity contribution < 1.29 is 14.5 Å². The maximum absolute atomic E-state index is 13.7. The molecule has 4 aromatic rings. The summed E-state index contributed by atoms with van der Waals surface area (Å²) >= 11 is 0. The van der Waals surface area contributed by atoms with Gasteiger partial charge in [-0.05, 0) is 42.8 Å². The van der Waals surface area contributed by atoms with E-state index in [2.05, 4.69) is 5.32 Å². The third-order valence-electron chi connectivity index (χ3n) is 5.93. The molecule has 3 aromatic carbocycles. The molecule has 10 heteroatoms. The highest BCUT2D eigenvalue weighted by Gasteiger charge is 2.27. The van der Waals surface area contributed by atoms with E-state index in [1.165, 1.54) is 40.8 Å². The molecule has 0 aliphatic rings. The van der Waals surface area contributed by atoms with Gasteiger partial charge < -0.3 is 15.0 Å². The Morgan fingerprint density at radius 1 is 1.11 bits per heavy atom. The lowest BCUT2D eigenvalue weighted by Gasteiger charge is -2.29. The number of amides is 2. The van der Waals surface area contributed by atoms with Crippen molar-refractivity contribution in [2.24, 2.45) is 0 Å². The Hall–Kier alpha value is -4.73. The van der Waals surface area contributed by atoms with Crippen molar-refractivity contribution in [3.8, 4) is 11.4 Å². The average Bonchev–Trinajstić information content (AvgIpc) is 2.89. The number of aromatic nitrogens is 2. The molecule has 36 heavy (non-hydrogen) atoms. The fourth-order valence-electron chi connectivity index (χ4n) is 4.07. The molecule has 10 nitrogen and oxygen atoms in total. The summed E-state index contributed by atoms with van der Waals surface area (Å²) in [6, 6.07) is 18.7. The number of fused-ring (bicyclic) bond motifs is 1. The number of urea groups is 1. The predicted octanol–water partition coefficient (Wildman–Crippen LogP) is 4.92. The van der Waals surface area contributed by atoms with Gasteiger partial charge in [-0.2, -0.15) is 0 Å². The topological polar surface area (TPSA) is 120 Å². The minimum absolute atomic E-state index is 0.0750. The molecule has 0 spiro atoms. The summed E-state index contributed by atoms with van der Waals surface area (Å²) in [4.78, 5) is 43.5. The van der Waals surface area contributed by atoms with Gasteiger partial charge in [0.1, 0.15) is 11.6 Å². The number of rotatable bonds is 7. The maximum Gasteiger partial charge on any atom is 0.322 e. The van der Waals surface area contributed by atoms with Crippen molar-refractivity contribution in [1.82, 2.24) is 14.5 Å². The summed E-state index contributed by atoms with van der Waals surface area (Å²) in [7, 11) is 3.14. The normalized spacial score (nSPS) is 11.6. The Morgan fingerprint density at radius 3 is 2.44 bits per heavy atom. The summed E-state index contributed by atoms with van der Waals surface area (Å²) in [5.41, 5.74) is 1.09.